The summed E-state index contributed by atoms with van der Waals surface area (Å²) >= 11 is 0. The quantitative estimate of drug-likeness (QED) is 0.378. The molecule has 0 radical (unpaired) electrons. The molecule has 0 spiro atoms. The monoisotopic (exact) mass is 289 g/mol. The second-order valence-corrected chi connectivity index (χ2v) is 4.04. The van der Waals surface area contributed by atoms with E-state index in [9.17, 15) is 14.0 Å². The molecule has 0 aliphatic heterocycles. The third-order valence-corrected chi connectivity index (χ3v) is 2.57. The number of carbonyl (C=O) groups is 2. The van der Waals surface area contributed by atoms with Crippen molar-refractivity contribution in [2.24, 2.45) is 5.73 Å². The Hall–Kier alpha value is -2.69. The van der Waals surface area contributed by atoms with Crippen molar-refractivity contribution in [1.29, 1.82) is 0 Å². The zero-order chi connectivity index (χ0) is 15.8. The van der Waals surface area contributed by atoms with Crippen molar-refractivity contribution in [2.75, 3.05) is 6.61 Å². The molecule has 1 rings (SSSR count). The molecule has 0 amide bonds. The Morgan fingerprint density at radius 3 is 2.43 bits per heavy atom. The minimum atomic E-state index is -0.952. The van der Waals surface area contributed by atoms with Gasteiger partial charge in [-0.05, 0) is 30.2 Å². The van der Waals surface area contributed by atoms with Crippen molar-refractivity contribution in [3.63, 3.8) is 0 Å². The summed E-state index contributed by atoms with van der Waals surface area (Å²) in [6.45, 7) is 5.23. The second kappa shape index (κ2) is 7.79. The standard InChI is InChI=1S/C16H16FNO3/c1-3-21-16(20)15(19)11(2)4-5-13(10-18)12-6-8-14(17)9-7-12/h4-10H,2-3,18H2,1H3/b5-4-,13-10+. The van der Waals surface area contributed by atoms with E-state index in [0.29, 0.717) is 11.1 Å². The zero-order valence-corrected chi connectivity index (χ0v) is 11.6. The maximum absolute atomic E-state index is 12.9. The van der Waals surface area contributed by atoms with E-state index in [1.165, 1.54) is 30.5 Å². The molecule has 110 valence electrons. The lowest BCUT2D eigenvalue weighted by atomic mass is 10.0. The van der Waals surface area contributed by atoms with Crippen LogP contribution in [0, 0.1) is 5.82 Å². The lowest BCUT2D eigenvalue weighted by Crippen LogP contribution is -2.18. The van der Waals surface area contributed by atoms with Crippen molar-refractivity contribution >= 4 is 17.3 Å². The Kier molecular flexibility index (Phi) is 6.07. The van der Waals surface area contributed by atoms with Crippen LogP contribution in [0.25, 0.3) is 5.57 Å². The number of hydrogen-bond acceptors (Lipinski definition) is 4. The molecule has 4 nitrogen and oxygen atoms in total. The first-order valence-corrected chi connectivity index (χ1v) is 6.25. The fourth-order valence-corrected chi connectivity index (χ4v) is 1.48. The van der Waals surface area contributed by atoms with Gasteiger partial charge >= 0.3 is 5.97 Å². The molecule has 0 saturated heterocycles. The van der Waals surface area contributed by atoms with Gasteiger partial charge in [-0.25, -0.2) is 9.18 Å². The molecular formula is C16H16FNO3. The van der Waals surface area contributed by atoms with Crippen LogP contribution < -0.4 is 5.73 Å². The summed E-state index contributed by atoms with van der Waals surface area (Å²) in [6.07, 6.45) is 4.19. The Labute approximate surface area is 122 Å². The average Bonchev–Trinajstić information content (AvgIpc) is 2.48. The molecule has 21 heavy (non-hydrogen) atoms. The maximum Gasteiger partial charge on any atom is 0.379 e. The van der Waals surface area contributed by atoms with E-state index in [1.807, 2.05) is 0 Å². The smallest absolute Gasteiger partial charge is 0.379 e. The van der Waals surface area contributed by atoms with E-state index < -0.39 is 11.8 Å². The van der Waals surface area contributed by atoms with Gasteiger partial charge in [-0.2, -0.15) is 0 Å². The van der Waals surface area contributed by atoms with Crippen LogP contribution in [0.15, 0.2) is 54.8 Å². The summed E-state index contributed by atoms with van der Waals surface area (Å²) in [5.74, 6) is -2.13. The third kappa shape index (κ3) is 4.72. The number of ketones is 1. The summed E-state index contributed by atoms with van der Waals surface area (Å²) in [4.78, 5) is 22.8. The van der Waals surface area contributed by atoms with Crippen molar-refractivity contribution in [2.45, 2.75) is 6.92 Å². The number of ether oxygens (including phenoxy) is 1. The summed E-state index contributed by atoms with van der Waals surface area (Å²) < 4.78 is 17.4. The van der Waals surface area contributed by atoms with Crippen molar-refractivity contribution in [3.05, 3.63) is 66.2 Å². The molecule has 2 N–H and O–H groups in total. The molecule has 0 heterocycles. The Bertz CT molecular complexity index is 600. The third-order valence-electron chi connectivity index (χ3n) is 2.57. The number of benzene rings is 1. The molecule has 0 unspecified atom stereocenters. The van der Waals surface area contributed by atoms with Gasteiger partial charge in [0, 0.05) is 11.8 Å². The topological polar surface area (TPSA) is 69.4 Å². The van der Waals surface area contributed by atoms with Crippen LogP contribution in [-0.4, -0.2) is 18.4 Å². The number of hydrogen-bond donors (Lipinski definition) is 1. The van der Waals surface area contributed by atoms with E-state index in [4.69, 9.17) is 5.73 Å². The van der Waals surface area contributed by atoms with Crippen molar-refractivity contribution in [3.8, 4) is 0 Å². The molecule has 0 bridgehead atoms. The van der Waals surface area contributed by atoms with Gasteiger partial charge in [0.25, 0.3) is 5.78 Å². The van der Waals surface area contributed by atoms with Crippen LogP contribution in [0.5, 0.6) is 0 Å². The summed E-state index contributed by atoms with van der Waals surface area (Å²) in [7, 11) is 0. The normalized spacial score (nSPS) is 11.4. The lowest BCUT2D eigenvalue weighted by molar-refractivity contribution is -0.151. The SMILES string of the molecule is C=C(/C=C\C(=C/N)c1ccc(F)cc1)C(=O)C(=O)OCC. The van der Waals surface area contributed by atoms with Gasteiger partial charge in [-0.15, -0.1) is 0 Å². The summed E-state index contributed by atoms with van der Waals surface area (Å²) in [6, 6.07) is 5.69. The van der Waals surface area contributed by atoms with E-state index in [1.54, 1.807) is 19.1 Å². The predicted octanol–water partition coefficient (Wildman–Crippen LogP) is 2.37. The first-order valence-electron chi connectivity index (χ1n) is 6.25. The highest BCUT2D eigenvalue weighted by molar-refractivity contribution is 6.41. The number of nitrogens with two attached hydrogens (primary N) is 1. The van der Waals surface area contributed by atoms with Gasteiger partial charge in [0.2, 0.25) is 0 Å². The fourth-order valence-electron chi connectivity index (χ4n) is 1.48. The molecule has 5 heteroatoms. The largest absolute Gasteiger partial charge is 0.460 e. The van der Waals surface area contributed by atoms with Crippen LogP contribution in [0.1, 0.15) is 12.5 Å². The molecule has 0 aliphatic rings. The maximum atomic E-state index is 12.9. The number of allylic oxidation sites excluding steroid dienone is 3. The van der Waals surface area contributed by atoms with Crippen LogP contribution in [0.2, 0.25) is 0 Å². The number of halogens is 1. The van der Waals surface area contributed by atoms with Crippen LogP contribution in [0.3, 0.4) is 0 Å². The molecule has 0 fully saturated rings. The first-order chi connectivity index (χ1) is 9.99. The molecular weight excluding hydrogens is 273 g/mol. The van der Waals surface area contributed by atoms with E-state index >= 15 is 0 Å². The fraction of sp³-hybridized carbons (Fsp3) is 0.125. The van der Waals surface area contributed by atoms with Crippen LogP contribution in [0.4, 0.5) is 4.39 Å². The van der Waals surface area contributed by atoms with Gasteiger partial charge in [0.05, 0.1) is 6.61 Å². The van der Waals surface area contributed by atoms with Crippen LogP contribution in [-0.2, 0) is 14.3 Å². The van der Waals surface area contributed by atoms with E-state index in [0.717, 1.165) is 0 Å². The number of rotatable bonds is 6. The Morgan fingerprint density at radius 1 is 1.29 bits per heavy atom. The number of esters is 1. The van der Waals surface area contributed by atoms with E-state index in [-0.39, 0.29) is 18.0 Å². The number of carbonyl (C=O) groups excluding carboxylic acids is 2. The minimum Gasteiger partial charge on any atom is -0.460 e. The summed E-state index contributed by atoms with van der Waals surface area (Å²) in [5, 5.41) is 0. The first kappa shape index (κ1) is 16.4. The van der Waals surface area contributed by atoms with Crippen molar-refractivity contribution in [1.82, 2.24) is 0 Å². The Balaban J connectivity index is 2.82. The van der Waals surface area contributed by atoms with E-state index in [2.05, 4.69) is 11.3 Å². The molecule has 0 saturated carbocycles. The highest BCUT2D eigenvalue weighted by Gasteiger charge is 2.16. The van der Waals surface area contributed by atoms with Gasteiger partial charge < -0.3 is 10.5 Å². The predicted molar refractivity (Wildman–Crippen MR) is 78.5 cm³/mol. The summed E-state index contributed by atoms with van der Waals surface area (Å²) in [5.41, 5.74) is 6.72. The molecule has 1 aromatic carbocycles. The average molecular weight is 289 g/mol. The minimum absolute atomic E-state index is 0.0186. The molecule has 0 aliphatic carbocycles. The van der Waals surface area contributed by atoms with Crippen molar-refractivity contribution < 1.29 is 18.7 Å². The molecule has 0 atom stereocenters. The van der Waals surface area contributed by atoms with Gasteiger partial charge in [0.15, 0.2) is 0 Å². The van der Waals surface area contributed by atoms with Gasteiger partial charge in [0.1, 0.15) is 5.82 Å². The second-order valence-electron chi connectivity index (χ2n) is 4.04. The Morgan fingerprint density at radius 2 is 1.90 bits per heavy atom. The zero-order valence-electron chi connectivity index (χ0n) is 11.6. The van der Waals surface area contributed by atoms with Gasteiger partial charge in [-0.3, -0.25) is 4.79 Å². The highest BCUT2D eigenvalue weighted by Crippen LogP contribution is 2.16. The highest BCUT2D eigenvalue weighted by atomic mass is 19.1. The molecule has 1 aromatic rings. The van der Waals surface area contributed by atoms with Gasteiger partial charge in [-0.1, -0.05) is 30.9 Å². The molecule has 0 aromatic heterocycles. The number of Topliss-reactive ketones (excluding diaryl/α,β-unsaturated/α-hetero) is 1. The lowest BCUT2D eigenvalue weighted by Gasteiger charge is -2.03. The van der Waals surface area contributed by atoms with Crippen LogP contribution >= 0.6 is 0 Å².